The first kappa shape index (κ1) is 23.8. The number of carbonyl (C=O) groups excluding carboxylic acids is 1. The van der Waals surface area contributed by atoms with Crippen molar-refractivity contribution < 1.29 is 9.53 Å². The Bertz CT molecular complexity index is 410. The van der Waals surface area contributed by atoms with Crippen molar-refractivity contribution in [2.45, 2.75) is 14.4 Å². The van der Waals surface area contributed by atoms with Crippen LogP contribution in [0.25, 0.3) is 0 Å². The van der Waals surface area contributed by atoms with Gasteiger partial charge in [0, 0.05) is 5.57 Å². The van der Waals surface area contributed by atoms with Crippen LogP contribution in [-0.4, -0.2) is 5.97 Å². The Kier molecular flexibility index (Phi) is 18.9. The zero-order valence-corrected chi connectivity index (χ0v) is 12.8. The van der Waals surface area contributed by atoms with Crippen LogP contribution in [0.5, 0.6) is 5.75 Å². The van der Waals surface area contributed by atoms with Crippen molar-refractivity contribution in [2.75, 3.05) is 0 Å². The molecular weight excluding hydrogens is 319 g/mol. The van der Waals surface area contributed by atoms with Gasteiger partial charge in [-0.1, -0.05) is 80.2 Å². The van der Waals surface area contributed by atoms with Gasteiger partial charge in [0.1, 0.15) is 5.75 Å². The maximum Gasteiger partial charge on any atom is 0.338 e. The predicted molar refractivity (Wildman–Crippen MR) is 90.5 cm³/mol. The molecular formula is C15H19Cl3O2. The molecule has 0 bridgehead atoms. The molecule has 0 N–H and O–H groups in total. The molecule has 1 rings (SSSR count). The van der Waals surface area contributed by atoms with E-state index in [1.54, 1.807) is 31.2 Å². The molecule has 0 heterocycles. The van der Waals surface area contributed by atoms with E-state index in [-0.39, 0.29) is 17.9 Å². The third kappa shape index (κ3) is 19.1. The third-order valence-corrected chi connectivity index (χ3v) is 1.30. The normalized spacial score (nSPS) is 7.40. The molecule has 0 aliphatic carbocycles. The first-order valence-corrected chi connectivity index (χ1v) is 6.18. The summed E-state index contributed by atoms with van der Waals surface area (Å²) >= 11 is 14.5. The number of benzene rings is 1. The van der Waals surface area contributed by atoms with Crippen LogP contribution in [0.15, 0.2) is 65.7 Å². The topological polar surface area (TPSA) is 26.3 Å². The molecule has 0 saturated heterocycles. The highest BCUT2D eigenvalue weighted by Gasteiger charge is 2.03. The van der Waals surface area contributed by atoms with E-state index in [9.17, 15) is 4.79 Å². The highest BCUT2D eigenvalue weighted by molar-refractivity contribution is 6.55. The number of halogens is 3. The van der Waals surface area contributed by atoms with E-state index in [4.69, 9.17) is 39.5 Å². The van der Waals surface area contributed by atoms with Crippen molar-refractivity contribution in [3.63, 3.8) is 0 Å². The molecule has 5 heteroatoms. The molecule has 0 aliphatic rings. The molecule has 20 heavy (non-hydrogen) atoms. The molecule has 0 radical (unpaired) electrons. The number of ether oxygens (including phenoxy) is 1. The quantitative estimate of drug-likeness (QED) is 0.370. The lowest BCUT2D eigenvalue weighted by Crippen LogP contribution is -2.07. The Morgan fingerprint density at radius 2 is 1.55 bits per heavy atom. The number of carbonyl (C=O) groups is 1. The van der Waals surface area contributed by atoms with Gasteiger partial charge >= 0.3 is 5.97 Å². The molecule has 1 aromatic carbocycles. The van der Waals surface area contributed by atoms with E-state index >= 15 is 0 Å². The summed E-state index contributed by atoms with van der Waals surface area (Å²) in [6.07, 6.45) is 0. The van der Waals surface area contributed by atoms with Gasteiger partial charge in [0.15, 0.2) is 0 Å². The van der Waals surface area contributed by atoms with E-state index in [0.29, 0.717) is 11.3 Å². The Hall–Kier alpha value is -1.22. The van der Waals surface area contributed by atoms with Gasteiger partial charge in [-0.05, 0) is 24.6 Å². The van der Waals surface area contributed by atoms with Crippen molar-refractivity contribution >= 4 is 40.8 Å². The summed E-state index contributed by atoms with van der Waals surface area (Å²) in [6, 6.07) is 8.92. The molecule has 0 fully saturated rings. The molecule has 0 aromatic heterocycles. The summed E-state index contributed by atoms with van der Waals surface area (Å²) in [5, 5.41) is 0. The van der Waals surface area contributed by atoms with Crippen LogP contribution in [0.4, 0.5) is 0 Å². The fraction of sp³-hybridized carbons (Fsp3) is 0.133. The second-order valence-corrected chi connectivity index (χ2v) is 4.39. The second-order valence-electron chi connectivity index (χ2n) is 2.98. The van der Waals surface area contributed by atoms with E-state index < -0.39 is 0 Å². The standard InChI is InChI=1S/C10H10O2.C2H2Cl2.C2H3Cl.CH4/c1-8(2)10(11)12-9-6-4-3-5-7-9;1-2(3)4;1-2-3;/h3-7H,1H2,2H3;1H2;2H,1H2;1H4. The first-order chi connectivity index (χ1) is 8.84. The molecule has 1 aromatic rings. The van der Waals surface area contributed by atoms with E-state index in [1.807, 2.05) is 6.07 Å². The van der Waals surface area contributed by atoms with Crippen molar-refractivity contribution in [3.8, 4) is 5.75 Å². The Balaban J connectivity index is -0.000000307. The van der Waals surface area contributed by atoms with E-state index in [2.05, 4.69) is 19.7 Å². The summed E-state index contributed by atoms with van der Waals surface area (Å²) in [5.74, 6) is 0.159. The number of hydrogen-bond acceptors (Lipinski definition) is 2. The summed E-state index contributed by atoms with van der Waals surface area (Å²) in [6.45, 7) is 11.3. The maximum atomic E-state index is 11.0. The summed E-state index contributed by atoms with van der Waals surface area (Å²) in [7, 11) is 0. The predicted octanol–water partition coefficient (Wildman–Crippen LogP) is 6.11. The maximum absolute atomic E-state index is 11.0. The molecule has 0 atom stereocenters. The highest BCUT2D eigenvalue weighted by Crippen LogP contribution is 2.09. The fourth-order valence-electron chi connectivity index (χ4n) is 0.683. The minimum atomic E-state index is -0.388. The summed E-state index contributed by atoms with van der Waals surface area (Å²) in [5.41, 5.74) is 1.62. The number of hydrogen-bond donors (Lipinski definition) is 0. The highest BCUT2D eigenvalue weighted by atomic mass is 35.5. The fourth-order valence-corrected chi connectivity index (χ4v) is 0.683. The zero-order valence-electron chi connectivity index (χ0n) is 10.5. The lowest BCUT2D eigenvalue weighted by molar-refractivity contribution is -0.130. The van der Waals surface area contributed by atoms with Gasteiger partial charge in [0.05, 0.1) is 4.49 Å². The minimum Gasteiger partial charge on any atom is -0.423 e. The van der Waals surface area contributed by atoms with Gasteiger partial charge in [0.2, 0.25) is 0 Å². The molecule has 0 amide bonds. The van der Waals surface area contributed by atoms with Crippen LogP contribution in [0.1, 0.15) is 14.4 Å². The van der Waals surface area contributed by atoms with Crippen LogP contribution < -0.4 is 4.74 Å². The van der Waals surface area contributed by atoms with Crippen LogP contribution in [-0.2, 0) is 4.79 Å². The molecule has 0 saturated carbocycles. The van der Waals surface area contributed by atoms with Crippen molar-refractivity contribution in [1.29, 1.82) is 0 Å². The minimum absolute atomic E-state index is 0. The third-order valence-electron chi connectivity index (χ3n) is 1.30. The SMILES string of the molecule is C.C=C(C)C(=O)Oc1ccccc1.C=C(Cl)Cl.C=CCl. The van der Waals surface area contributed by atoms with Gasteiger partial charge in [-0.3, -0.25) is 0 Å². The van der Waals surface area contributed by atoms with Crippen LogP contribution in [0.3, 0.4) is 0 Å². The zero-order chi connectivity index (χ0) is 15.3. The van der Waals surface area contributed by atoms with Crippen molar-refractivity contribution in [1.82, 2.24) is 0 Å². The van der Waals surface area contributed by atoms with Gasteiger partial charge < -0.3 is 4.74 Å². The molecule has 112 valence electrons. The Morgan fingerprint density at radius 1 is 1.20 bits per heavy atom. The second kappa shape index (κ2) is 15.8. The van der Waals surface area contributed by atoms with Gasteiger partial charge in [0.25, 0.3) is 0 Å². The number of rotatable bonds is 2. The average Bonchev–Trinajstić information content (AvgIpc) is 2.30. The first-order valence-electron chi connectivity index (χ1n) is 4.98. The van der Waals surface area contributed by atoms with Gasteiger partial charge in [-0.25, -0.2) is 4.79 Å². The summed E-state index contributed by atoms with van der Waals surface area (Å²) < 4.78 is 5.05. The molecule has 0 spiro atoms. The monoisotopic (exact) mass is 336 g/mol. The van der Waals surface area contributed by atoms with Gasteiger partial charge in [-0.15, -0.1) is 0 Å². The van der Waals surface area contributed by atoms with Crippen LogP contribution in [0, 0.1) is 0 Å². The van der Waals surface area contributed by atoms with Crippen molar-refractivity contribution in [2.24, 2.45) is 0 Å². The van der Waals surface area contributed by atoms with Gasteiger partial charge in [-0.2, -0.15) is 0 Å². The molecule has 0 aliphatic heterocycles. The van der Waals surface area contributed by atoms with Crippen molar-refractivity contribution in [3.05, 3.63) is 65.7 Å². The average molecular weight is 338 g/mol. The lowest BCUT2D eigenvalue weighted by atomic mass is 10.3. The number of para-hydroxylation sites is 1. The lowest BCUT2D eigenvalue weighted by Gasteiger charge is -2.01. The molecule has 0 unspecified atom stereocenters. The summed E-state index contributed by atoms with van der Waals surface area (Å²) in [4.78, 5) is 11.0. The van der Waals surface area contributed by atoms with Crippen LogP contribution in [0.2, 0.25) is 0 Å². The Morgan fingerprint density at radius 3 is 1.85 bits per heavy atom. The Labute approximate surface area is 136 Å². The van der Waals surface area contributed by atoms with E-state index in [1.165, 1.54) is 5.54 Å². The number of esters is 1. The van der Waals surface area contributed by atoms with Crippen LogP contribution >= 0.6 is 34.8 Å². The smallest absolute Gasteiger partial charge is 0.338 e. The van der Waals surface area contributed by atoms with E-state index in [0.717, 1.165) is 0 Å². The molecule has 2 nitrogen and oxygen atoms in total. The largest absolute Gasteiger partial charge is 0.423 e.